The lowest BCUT2D eigenvalue weighted by molar-refractivity contribution is -0.870. The number of allylic oxidation sites excluding steroid dienone is 5. The van der Waals surface area contributed by atoms with E-state index in [9.17, 15) is 19.4 Å². The summed E-state index contributed by atoms with van der Waals surface area (Å²) in [6.07, 6.45) is 84.5. The van der Waals surface area contributed by atoms with Gasteiger partial charge in [0.25, 0.3) is 0 Å². The van der Waals surface area contributed by atoms with Gasteiger partial charge in [-0.25, -0.2) is 4.57 Å². The van der Waals surface area contributed by atoms with Gasteiger partial charge in [0.05, 0.1) is 39.9 Å². The molecule has 0 aromatic rings. The molecule has 0 fully saturated rings. The van der Waals surface area contributed by atoms with Crippen LogP contribution in [-0.2, 0) is 18.4 Å². The molecule has 1 amide bonds. The predicted molar refractivity (Wildman–Crippen MR) is 355 cm³/mol. The summed E-state index contributed by atoms with van der Waals surface area (Å²) in [6, 6.07) is -0.845. The third kappa shape index (κ3) is 66.1. The zero-order valence-electron chi connectivity index (χ0n) is 55.1. The Hall–Kier alpha value is -1.28. The van der Waals surface area contributed by atoms with Crippen LogP contribution in [0.3, 0.4) is 0 Å². The van der Waals surface area contributed by atoms with Crippen molar-refractivity contribution in [2.75, 3.05) is 40.9 Å². The smallest absolute Gasteiger partial charge is 0.387 e. The molecule has 0 saturated heterocycles. The second-order valence-electron chi connectivity index (χ2n) is 26.0. The number of aliphatic hydroxyl groups is 1. The van der Waals surface area contributed by atoms with Crippen LogP contribution in [0.15, 0.2) is 36.5 Å². The van der Waals surface area contributed by atoms with Gasteiger partial charge in [0.15, 0.2) is 0 Å². The van der Waals surface area contributed by atoms with E-state index in [1.165, 1.54) is 308 Å². The minimum atomic E-state index is -4.35. The van der Waals surface area contributed by atoms with Gasteiger partial charge in [0.1, 0.15) is 13.2 Å². The summed E-state index contributed by atoms with van der Waals surface area (Å²) in [6.45, 7) is 4.86. The van der Waals surface area contributed by atoms with Crippen molar-refractivity contribution in [1.29, 1.82) is 0 Å². The maximum absolute atomic E-state index is 13.0. The van der Waals surface area contributed by atoms with Crippen molar-refractivity contribution >= 4 is 13.7 Å². The van der Waals surface area contributed by atoms with Crippen LogP contribution in [0.4, 0.5) is 0 Å². The number of phosphoric ester groups is 1. The fourth-order valence-electron chi connectivity index (χ4n) is 11.0. The van der Waals surface area contributed by atoms with Crippen LogP contribution >= 0.6 is 7.82 Å². The highest BCUT2D eigenvalue weighted by molar-refractivity contribution is 7.47. The van der Waals surface area contributed by atoms with Gasteiger partial charge in [-0.2, -0.15) is 0 Å². The van der Waals surface area contributed by atoms with Gasteiger partial charge in [-0.05, 0) is 51.4 Å². The number of carbonyl (C=O) groups excluding carboxylic acids is 1. The van der Waals surface area contributed by atoms with E-state index in [0.29, 0.717) is 17.4 Å². The van der Waals surface area contributed by atoms with Crippen LogP contribution in [0.5, 0.6) is 0 Å². The quantitative estimate of drug-likeness (QED) is 0.0243. The standard InChI is InChI=1S/C72H141N2O6P/c1-6-8-10-12-14-16-18-20-22-24-26-28-29-30-31-32-33-34-35-36-37-38-39-40-41-42-43-44-45-46-48-50-52-54-56-58-60-62-64-66-72(76)73-70(69-80-81(77,78)79-68-67-74(3,4)5)71(75)65-63-61-59-57-55-53-51-49-47-27-25-23-21-19-17-15-13-11-9-7-2/h18,20,24,26,63,65,70-71,75H,6-17,19,21-23,25,27-62,64,66-69H2,1-5H3,(H-,73,76,77,78)/p+1/b20-18-,26-24-,65-63+. The lowest BCUT2D eigenvalue weighted by atomic mass is 10.0. The summed E-state index contributed by atoms with van der Waals surface area (Å²) in [5, 5.41) is 14.0. The van der Waals surface area contributed by atoms with Crippen molar-refractivity contribution in [3.63, 3.8) is 0 Å². The Morgan fingerprint density at radius 1 is 0.420 bits per heavy atom. The Balaban J connectivity index is 3.92. The van der Waals surface area contributed by atoms with Crippen LogP contribution in [0, 0.1) is 0 Å². The van der Waals surface area contributed by atoms with Crippen molar-refractivity contribution in [1.82, 2.24) is 5.32 Å². The number of unbranched alkanes of at least 4 members (excludes halogenated alkanes) is 50. The molecule has 0 saturated carbocycles. The van der Waals surface area contributed by atoms with Crippen molar-refractivity contribution in [3.05, 3.63) is 36.5 Å². The molecule has 0 radical (unpaired) electrons. The zero-order valence-corrected chi connectivity index (χ0v) is 55.9. The SMILES string of the molecule is CCCCCCC/C=C\C/C=C\CCCCCCCCCCCCCCCCCCCCCCCCCCCCCC(=O)NC(COP(=O)(O)OCC[N+](C)(C)C)C(O)/C=C/CCCCCCCCCCCCCCCCCCCC. The highest BCUT2D eigenvalue weighted by Crippen LogP contribution is 2.43. The molecule has 0 aliphatic heterocycles. The molecule has 9 heteroatoms. The van der Waals surface area contributed by atoms with Gasteiger partial charge in [-0.3, -0.25) is 13.8 Å². The highest BCUT2D eigenvalue weighted by Gasteiger charge is 2.28. The van der Waals surface area contributed by atoms with E-state index in [0.717, 1.165) is 38.5 Å². The second kappa shape index (κ2) is 63.2. The number of amides is 1. The molecule has 3 N–H and O–H groups in total. The summed E-state index contributed by atoms with van der Waals surface area (Å²) >= 11 is 0. The van der Waals surface area contributed by atoms with Crippen molar-refractivity contribution < 1.29 is 32.9 Å². The average Bonchev–Trinajstić information content (AvgIpc) is 3.43. The summed E-state index contributed by atoms with van der Waals surface area (Å²) < 4.78 is 23.8. The molecule has 0 heterocycles. The van der Waals surface area contributed by atoms with Crippen LogP contribution in [0.2, 0.25) is 0 Å². The molecule has 81 heavy (non-hydrogen) atoms. The van der Waals surface area contributed by atoms with Gasteiger partial charge in [-0.1, -0.05) is 346 Å². The van der Waals surface area contributed by atoms with E-state index < -0.39 is 20.0 Å². The minimum Gasteiger partial charge on any atom is -0.387 e. The topological polar surface area (TPSA) is 105 Å². The van der Waals surface area contributed by atoms with Crippen molar-refractivity contribution in [3.8, 4) is 0 Å². The molecule has 3 atom stereocenters. The summed E-state index contributed by atoms with van der Waals surface area (Å²) in [4.78, 5) is 23.4. The Morgan fingerprint density at radius 3 is 1.01 bits per heavy atom. The third-order valence-corrected chi connectivity index (χ3v) is 17.6. The number of nitrogens with zero attached hydrogens (tertiary/aromatic N) is 1. The lowest BCUT2D eigenvalue weighted by Gasteiger charge is -2.25. The predicted octanol–water partition coefficient (Wildman–Crippen LogP) is 22.8. The van der Waals surface area contributed by atoms with Crippen LogP contribution in [-0.4, -0.2) is 73.4 Å². The summed E-state index contributed by atoms with van der Waals surface area (Å²) in [5.74, 6) is -0.169. The average molecular weight is 1160 g/mol. The fraction of sp³-hybridized carbons (Fsp3) is 0.903. The van der Waals surface area contributed by atoms with E-state index in [4.69, 9.17) is 9.05 Å². The first-order chi connectivity index (χ1) is 39.5. The molecular formula is C72H142N2O6P+. The first kappa shape index (κ1) is 79.7. The number of rotatable bonds is 67. The molecule has 0 aromatic heterocycles. The van der Waals surface area contributed by atoms with Gasteiger partial charge >= 0.3 is 7.82 Å². The van der Waals surface area contributed by atoms with E-state index in [2.05, 4.69) is 43.5 Å². The number of carbonyl (C=O) groups is 1. The van der Waals surface area contributed by atoms with E-state index in [1.54, 1.807) is 6.08 Å². The van der Waals surface area contributed by atoms with Crippen LogP contribution < -0.4 is 5.32 Å². The van der Waals surface area contributed by atoms with Crippen molar-refractivity contribution in [2.45, 2.75) is 379 Å². The first-order valence-corrected chi connectivity index (χ1v) is 37.4. The van der Waals surface area contributed by atoms with Gasteiger partial charge in [0.2, 0.25) is 5.91 Å². The highest BCUT2D eigenvalue weighted by atomic mass is 31.2. The molecule has 8 nitrogen and oxygen atoms in total. The third-order valence-electron chi connectivity index (χ3n) is 16.6. The van der Waals surface area contributed by atoms with E-state index >= 15 is 0 Å². The molecular weight excluding hydrogens is 1020 g/mol. The molecule has 0 aliphatic carbocycles. The second-order valence-corrected chi connectivity index (χ2v) is 27.4. The lowest BCUT2D eigenvalue weighted by Crippen LogP contribution is -2.45. The summed E-state index contributed by atoms with van der Waals surface area (Å²) in [7, 11) is 1.59. The normalized spacial score (nSPS) is 13.8. The Labute approximate surface area is 506 Å². The van der Waals surface area contributed by atoms with Gasteiger partial charge in [-0.15, -0.1) is 0 Å². The summed E-state index contributed by atoms with van der Waals surface area (Å²) in [5.41, 5.74) is 0. The number of hydrogen-bond donors (Lipinski definition) is 3. The number of phosphoric acid groups is 1. The van der Waals surface area contributed by atoms with Crippen LogP contribution in [0.25, 0.3) is 0 Å². The largest absolute Gasteiger partial charge is 0.472 e. The fourth-order valence-corrected chi connectivity index (χ4v) is 11.8. The molecule has 0 rings (SSSR count). The maximum Gasteiger partial charge on any atom is 0.472 e. The van der Waals surface area contributed by atoms with E-state index in [-0.39, 0.29) is 19.1 Å². The first-order valence-electron chi connectivity index (χ1n) is 35.9. The molecule has 3 unspecified atom stereocenters. The zero-order chi connectivity index (χ0) is 59.1. The number of aliphatic hydroxyl groups excluding tert-OH is 1. The minimum absolute atomic E-state index is 0.0642. The van der Waals surface area contributed by atoms with Gasteiger partial charge in [0, 0.05) is 6.42 Å². The molecule has 480 valence electrons. The Kier molecular flexibility index (Phi) is 62.2. The Bertz CT molecular complexity index is 1410. The molecule has 0 spiro atoms. The maximum atomic E-state index is 13.0. The van der Waals surface area contributed by atoms with E-state index in [1.807, 2.05) is 27.2 Å². The number of quaternary nitrogens is 1. The molecule has 0 aliphatic rings. The molecule has 0 bridgehead atoms. The Morgan fingerprint density at radius 2 is 0.704 bits per heavy atom. The molecule has 0 aromatic carbocycles. The monoisotopic (exact) mass is 1160 g/mol. The van der Waals surface area contributed by atoms with Gasteiger partial charge < -0.3 is 19.8 Å². The van der Waals surface area contributed by atoms with Crippen LogP contribution in [0.1, 0.15) is 367 Å². The number of nitrogens with one attached hydrogen (secondary N) is 1. The number of likely N-dealkylation sites (N-methyl/N-ethyl adjacent to an activating group) is 1. The number of hydrogen-bond acceptors (Lipinski definition) is 5. The van der Waals surface area contributed by atoms with Crippen molar-refractivity contribution in [2.24, 2.45) is 0 Å².